The van der Waals surface area contributed by atoms with Crippen LogP contribution in [0, 0.1) is 0 Å². The van der Waals surface area contributed by atoms with E-state index >= 15 is 0 Å². The zero-order chi connectivity index (χ0) is 11.3. The van der Waals surface area contributed by atoms with E-state index in [1.54, 1.807) is 0 Å². The van der Waals surface area contributed by atoms with E-state index in [4.69, 9.17) is 17.3 Å². The van der Waals surface area contributed by atoms with Gasteiger partial charge in [-0.25, -0.2) is 4.79 Å². The van der Waals surface area contributed by atoms with Crippen LogP contribution in [0.5, 0.6) is 0 Å². The molecule has 0 radical (unpaired) electrons. The summed E-state index contributed by atoms with van der Waals surface area (Å²) in [7, 11) is 1.45. The first-order valence-corrected chi connectivity index (χ1v) is 5.68. The van der Waals surface area contributed by atoms with Crippen LogP contribution in [0.15, 0.2) is 30.3 Å². The maximum atomic E-state index is 10.6. The van der Waals surface area contributed by atoms with Gasteiger partial charge < -0.3 is 5.11 Å². The third kappa shape index (κ3) is 3.89. The molecular weight excluding hydrogens is 230 g/mol. The number of carbonyl (C=O) groups is 1. The molecule has 0 atom stereocenters. The summed E-state index contributed by atoms with van der Waals surface area (Å²) in [5.41, 5.74) is 1.13. The van der Waals surface area contributed by atoms with Crippen molar-refractivity contribution in [3.8, 4) is 0 Å². The summed E-state index contributed by atoms with van der Waals surface area (Å²) in [6.45, 7) is 0. The molecule has 80 valence electrons. The predicted molar refractivity (Wildman–Crippen MR) is 66.1 cm³/mol. The second-order valence-corrected chi connectivity index (χ2v) is 4.49. The van der Waals surface area contributed by atoms with Crippen molar-refractivity contribution >= 4 is 34.4 Å². The number of hydrogen-bond acceptors (Lipinski definition) is 3. The Balaban J connectivity index is 2.44. The fourth-order valence-corrected chi connectivity index (χ4v) is 1.90. The molecule has 0 aromatic heterocycles. The zero-order valence-corrected chi connectivity index (χ0v) is 9.85. The molecule has 0 saturated heterocycles. The average Bonchev–Trinajstić information content (AvgIpc) is 2.26. The number of nitrogens with zero attached hydrogens (tertiary/aromatic N) is 1. The highest BCUT2D eigenvalue weighted by molar-refractivity contribution is 8.22. The van der Waals surface area contributed by atoms with Crippen LogP contribution in [0.25, 0.3) is 0 Å². The Labute approximate surface area is 98.1 Å². The number of benzene rings is 1. The Morgan fingerprint density at radius 3 is 2.60 bits per heavy atom. The molecule has 1 aromatic rings. The average molecular weight is 241 g/mol. The number of carboxylic acid groups (broad SMARTS) is 1. The minimum Gasteiger partial charge on any atom is -0.465 e. The topological polar surface area (TPSA) is 40.5 Å². The standard InChI is InChI=1S/C10H11NO2S2/c1-11(9(12)13)10(14)15-7-8-5-3-2-4-6-8/h2-6H,7H2,1H3,(H,12,13). The van der Waals surface area contributed by atoms with Crippen molar-refractivity contribution in [3.63, 3.8) is 0 Å². The van der Waals surface area contributed by atoms with Crippen LogP contribution >= 0.6 is 24.0 Å². The van der Waals surface area contributed by atoms with Gasteiger partial charge >= 0.3 is 6.09 Å². The molecule has 0 aliphatic heterocycles. The molecule has 0 bridgehead atoms. The molecular formula is C10H11NO2S2. The molecule has 0 fully saturated rings. The maximum Gasteiger partial charge on any atom is 0.412 e. The van der Waals surface area contributed by atoms with Crippen LogP contribution in [0.3, 0.4) is 0 Å². The smallest absolute Gasteiger partial charge is 0.412 e. The molecule has 1 aromatic carbocycles. The summed E-state index contributed by atoms with van der Waals surface area (Å²) >= 11 is 6.30. The summed E-state index contributed by atoms with van der Waals surface area (Å²) in [6.07, 6.45) is -1.03. The van der Waals surface area contributed by atoms with Gasteiger partial charge in [0.1, 0.15) is 4.32 Å². The van der Waals surface area contributed by atoms with Crippen molar-refractivity contribution in [2.45, 2.75) is 5.75 Å². The lowest BCUT2D eigenvalue weighted by Crippen LogP contribution is -2.28. The van der Waals surface area contributed by atoms with E-state index in [-0.39, 0.29) is 0 Å². The van der Waals surface area contributed by atoms with E-state index in [1.807, 2.05) is 30.3 Å². The third-order valence-corrected chi connectivity index (χ3v) is 3.39. The molecule has 0 unspecified atom stereocenters. The van der Waals surface area contributed by atoms with Gasteiger partial charge in [-0.1, -0.05) is 54.3 Å². The van der Waals surface area contributed by atoms with E-state index in [2.05, 4.69) is 0 Å². The number of rotatable bonds is 2. The fraction of sp³-hybridized carbons (Fsp3) is 0.200. The van der Waals surface area contributed by atoms with Crippen LogP contribution in [-0.4, -0.2) is 27.5 Å². The lowest BCUT2D eigenvalue weighted by Gasteiger charge is -2.12. The fourth-order valence-electron chi connectivity index (χ4n) is 0.894. The third-order valence-electron chi connectivity index (χ3n) is 1.77. The highest BCUT2D eigenvalue weighted by Crippen LogP contribution is 2.15. The molecule has 5 heteroatoms. The quantitative estimate of drug-likeness (QED) is 0.808. The lowest BCUT2D eigenvalue weighted by atomic mass is 10.2. The van der Waals surface area contributed by atoms with Crippen molar-refractivity contribution in [2.75, 3.05) is 7.05 Å². The van der Waals surface area contributed by atoms with Crippen LogP contribution in [0.2, 0.25) is 0 Å². The second-order valence-electron chi connectivity index (χ2n) is 2.88. The van der Waals surface area contributed by atoms with Gasteiger partial charge in [-0.05, 0) is 5.56 Å². The van der Waals surface area contributed by atoms with E-state index < -0.39 is 6.09 Å². The minimum atomic E-state index is -1.03. The minimum absolute atomic E-state index is 0.367. The highest BCUT2D eigenvalue weighted by atomic mass is 32.2. The van der Waals surface area contributed by atoms with E-state index in [9.17, 15) is 4.79 Å². The molecule has 0 heterocycles. The van der Waals surface area contributed by atoms with Gasteiger partial charge in [0.15, 0.2) is 0 Å². The van der Waals surface area contributed by atoms with Crippen molar-refractivity contribution in [1.82, 2.24) is 4.90 Å². The van der Waals surface area contributed by atoms with E-state index in [0.717, 1.165) is 10.5 Å². The Hall–Kier alpha value is -1.07. The van der Waals surface area contributed by atoms with Gasteiger partial charge in [0, 0.05) is 12.8 Å². The van der Waals surface area contributed by atoms with Gasteiger partial charge in [0.05, 0.1) is 0 Å². The Bertz CT molecular complexity index is 354. The largest absolute Gasteiger partial charge is 0.465 e. The van der Waals surface area contributed by atoms with Gasteiger partial charge in [0.2, 0.25) is 0 Å². The second kappa shape index (κ2) is 5.72. The molecule has 0 saturated carbocycles. The highest BCUT2D eigenvalue weighted by Gasteiger charge is 2.11. The first-order valence-electron chi connectivity index (χ1n) is 4.28. The van der Waals surface area contributed by atoms with Gasteiger partial charge in [-0.2, -0.15) is 0 Å². The Morgan fingerprint density at radius 1 is 1.47 bits per heavy atom. The first kappa shape index (κ1) is 12.0. The zero-order valence-electron chi connectivity index (χ0n) is 8.21. The van der Waals surface area contributed by atoms with E-state index in [0.29, 0.717) is 10.1 Å². The van der Waals surface area contributed by atoms with Crippen LogP contribution in [0.1, 0.15) is 5.56 Å². The molecule has 3 nitrogen and oxygen atoms in total. The summed E-state index contributed by atoms with van der Waals surface area (Å²) < 4.78 is 0.367. The summed E-state index contributed by atoms with van der Waals surface area (Å²) in [5, 5.41) is 8.67. The Kier molecular flexibility index (Phi) is 4.58. The normalized spacial score (nSPS) is 9.67. The summed E-state index contributed by atoms with van der Waals surface area (Å²) in [6, 6.07) is 9.79. The van der Waals surface area contributed by atoms with Crippen LogP contribution < -0.4 is 0 Å². The number of thioether (sulfide) groups is 1. The van der Waals surface area contributed by atoms with Crippen LogP contribution in [0.4, 0.5) is 4.79 Å². The SMILES string of the molecule is CN(C(=O)O)C(=S)SCc1ccccc1. The number of hydrogen-bond donors (Lipinski definition) is 1. The van der Waals surface area contributed by atoms with Crippen molar-refractivity contribution in [1.29, 1.82) is 0 Å². The van der Waals surface area contributed by atoms with Gasteiger partial charge in [-0.3, -0.25) is 4.90 Å². The predicted octanol–water partition coefficient (Wildman–Crippen LogP) is 2.81. The molecule has 0 aliphatic rings. The van der Waals surface area contributed by atoms with Crippen molar-refractivity contribution < 1.29 is 9.90 Å². The van der Waals surface area contributed by atoms with Crippen molar-refractivity contribution in [2.24, 2.45) is 0 Å². The lowest BCUT2D eigenvalue weighted by molar-refractivity contribution is 0.177. The molecule has 1 amide bonds. The molecule has 0 spiro atoms. The molecule has 1 N–H and O–H groups in total. The summed E-state index contributed by atoms with van der Waals surface area (Å²) in [4.78, 5) is 11.6. The molecule has 15 heavy (non-hydrogen) atoms. The molecule has 0 aliphatic carbocycles. The number of amides is 1. The van der Waals surface area contributed by atoms with Gasteiger partial charge in [0.25, 0.3) is 0 Å². The van der Waals surface area contributed by atoms with Crippen molar-refractivity contribution in [3.05, 3.63) is 35.9 Å². The van der Waals surface area contributed by atoms with Gasteiger partial charge in [-0.15, -0.1) is 0 Å². The summed E-state index contributed by atoms with van der Waals surface area (Å²) in [5.74, 6) is 0.692. The monoisotopic (exact) mass is 241 g/mol. The Morgan fingerprint density at radius 2 is 2.07 bits per heavy atom. The first-order chi connectivity index (χ1) is 7.11. The number of thiocarbonyl (C=S) groups is 1. The maximum absolute atomic E-state index is 10.6. The molecule has 1 rings (SSSR count). The van der Waals surface area contributed by atoms with Crippen LogP contribution in [-0.2, 0) is 5.75 Å². The van der Waals surface area contributed by atoms with E-state index in [1.165, 1.54) is 18.8 Å².